The van der Waals surface area contributed by atoms with Gasteiger partial charge in [-0.05, 0) is 57.7 Å². The minimum Gasteiger partial charge on any atom is -0.365 e. The van der Waals surface area contributed by atoms with Gasteiger partial charge in [-0.25, -0.2) is 5.43 Å². The van der Waals surface area contributed by atoms with Gasteiger partial charge in [0.25, 0.3) is 0 Å². The minimum absolute atomic E-state index is 0.232. The second kappa shape index (κ2) is 9.67. The first-order valence-corrected chi connectivity index (χ1v) is 13.9. The normalized spacial score (nSPS) is 29.6. The van der Waals surface area contributed by atoms with Crippen LogP contribution >= 0.6 is 0 Å². The van der Waals surface area contributed by atoms with E-state index in [0.717, 1.165) is 44.2 Å². The zero-order valence-corrected chi connectivity index (χ0v) is 21.9. The number of hydrogen-bond donors (Lipinski definition) is 2. The molecule has 2 N–H and O–H groups in total. The van der Waals surface area contributed by atoms with Gasteiger partial charge in [0.1, 0.15) is 12.0 Å². The maximum Gasteiger partial charge on any atom is 0.243 e. The first kappa shape index (κ1) is 23.7. The van der Waals surface area contributed by atoms with Crippen LogP contribution in [-0.4, -0.2) is 63.6 Å². The zero-order valence-electron chi connectivity index (χ0n) is 21.9. The largest absolute Gasteiger partial charge is 0.365 e. The molecule has 6 rings (SSSR count). The Labute approximate surface area is 214 Å². The molecule has 5 atom stereocenters. The van der Waals surface area contributed by atoms with Crippen molar-refractivity contribution in [2.75, 3.05) is 29.5 Å². The molecule has 0 radical (unpaired) electrons. The minimum atomic E-state index is 0.232. The number of rotatable bonds is 5. The number of benzene rings is 1. The van der Waals surface area contributed by atoms with Crippen LogP contribution in [0, 0.1) is 12.8 Å². The molecular formula is C27H40N8O. The number of aromatic nitrogens is 3. The molecule has 0 bridgehead atoms. The fourth-order valence-electron chi connectivity index (χ4n) is 6.90. The van der Waals surface area contributed by atoms with E-state index in [0.29, 0.717) is 24.4 Å². The molecular weight excluding hydrogens is 452 g/mol. The predicted octanol–water partition coefficient (Wildman–Crippen LogP) is 2.98. The smallest absolute Gasteiger partial charge is 0.243 e. The second-order valence-electron chi connectivity index (χ2n) is 11.2. The number of carbonyl (C=O) groups excluding carboxylic acids is 1. The van der Waals surface area contributed by atoms with Crippen molar-refractivity contribution in [2.24, 2.45) is 5.92 Å². The average molecular weight is 493 g/mol. The molecule has 3 fully saturated rings. The molecule has 9 nitrogen and oxygen atoms in total. The average Bonchev–Trinajstić information content (AvgIpc) is 3.47. The van der Waals surface area contributed by atoms with Crippen LogP contribution in [0.4, 0.5) is 11.6 Å². The summed E-state index contributed by atoms with van der Waals surface area (Å²) in [5.41, 5.74) is 6.06. The second-order valence-corrected chi connectivity index (χ2v) is 11.2. The van der Waals surface area contributed by atoms with E-state index in [1.54, 1.807) is 0 Å². The Hall–Kier alpha value is -2.65. The van der Waals surface area contributed by atoms with Crippen molar-refractivity contribution >= 4 is 17.5 Å². The maximum absolute atomic E-state index is 13.1. The number of carbonyl (C=O) groups is 1. The topological polar surface area (TPSA) is 81.6 Å². The first-order valence-electron chi connectivity index (χ1n) is 13.9. The van der Waals surface area contributed by atoms with Crippen LogP contribution < -0.4 is 20.7 Å². The fraction of sp³-hybridized carbons (Fsp3) is 0.667. The van der Waals surface area contributed by atoms with E-state index in [-0.39, 0.29) is 18.2 Å². The first-order chi connectivity index (χ1) is 17.5. The summed E-state index contributed by atoms with van der Waals surface area (Å²) in [7, 11) is 0. The molecule has 36 heavy (non-hydrogen) atoms. The number of hydrazine groups is 1. The van der Waals surface area contributed by atoms with Gasteiger partial charge < -0.3 is 9.80 Å². The van der Waals surface area contributed by atoms with Crippen molar-refractivity contribution in [1.82, 2.24) is 30.4 Å². The van der Waals surface area contributed by atoms with Crippen molar-refractivity contribution in [3.8, 4) is 0 Å². The molecule has 194 valence electrons. The van der Waals surface area contributed by atoms with Crippen LogP contribution in [0.5, 0.6) is 0 Å². The molecule has 1 aromatic heterocycles. The highest BCUT2D eigenvalue weighted by atomic mass is 16.2. The quantitative estimate of drug-likeness (QED) is 0.664. The summed E-state index contributed by atoms with van der Waals surface area (Å²) in [6.07, 6.45) is 7.66. The molecule has 4 aliphatic rings. The number of anilines is 2. The Morgan fingerprint density at radius 2 is 2.00 bits per heavy atom. The standard InChI is InChI=1S/C27H40N8O/c1-18-8-6-9-21(16-18)33-15-14-32(17-19(33)2)25(36)13-7-12-24-29-30-27-34(24)23-11-5-4-10-22(23)26-28-20(3)31-35(26)27/h6,8-9,16,19-20,22-23,26,28,31H,4-5,7,10-15,17H2,1-3H3/t19-,20?,22?,23?,26?/m1/s1. The lowest BCUT2D eigenvalue weighted by Crippen LogP contribution is -2.54. The van der Waals surface area contributed by atoms with Crippen molar-refractivity contribution in [3.63, 3.8) is 0 Å². The summed E-state index contributed by atoms with van der Waals surface area (Å²) in [4.78, 5) is 17.6. The van der Waals surface area contributed by atoms with E-state index in [1.165, 1.54) is 36.9 Å². The van der Waals surface area contributed by atoms with Gasteiger partial charge in [-0.2, -0.15) is 0 Å². The van der Waals surface area contributed by atoms with Crippen LogP contribution in [0.15, 0.2) is 24.3 Å². The monoisotopic (exact) mass is 492 g/mol. The Morgan fingerprint density at radius 1 is 1.14 bits per heavy atom. The molecule has 1 saturated carbocycles. The number of nitrogens with one attached hydrogen (secondary N) is 2. The molecule has 0 spiro atoms. The number of amides is 1. The number of hydrogen-bond acceptors (Lipinski definition) is 7. The fourth-order valence-corrected chi connectivity index (χ4v) is 6.90. The van der Waals surface area contributed by atoms with Gasteiger partial charge in [-0.3, -0.25) is 19.7 Å². The third-order valence-electron chi connectivity index (χ3n) is 8.62. The van der Waals surface area contributed by atoms with Crippen molar-refractivity contribution < 1.29 is 4.79 Å². The van der Waals surface area contributed by atoms with Gasteiger partial charge in [-0.15, -0.1) is 10.2 Å². The highest BCUT2D eigenvalue weighted by molar-refractivity contribution is 5.76. The molecule has 1 aromatic carbocycles. The van der Waals surface area contributed by atoms with E-state index in [9.17, 15) is 4.79 Å². The molecule has 1 aliphatic carbocycles. The third-order valence-corrected chi connectivity index (χ3v) is 8.62. The van der Waals surface area contributed by atoms with Gasteiger partial charge in [0, 0.05) is 56.2 Å². The highest BCUT2D eigenvalue weighted by Gasteiger charge is 2.47. The number of nitrogens with zero attached hydrogens (tertiary/aromatic N) is 6. The molecule has 9 heteroatoms. The van der Waals surface area contributed by atoms with Gasteiger partial charge in [-0.1, -0.05) is 25.0 Å². The van der Waals surface area contributed by atoms with Gasteiger partial charge in [0.2, 0.25) is 11.9 Å². The Balaban J connectivity index is 1.08. The van der Waals surface area contributed by atoms with Crippen LogP contribution in [0.25, 0.3) is 0 Å². The van der Waals surface area contributed by atoms with E-state index < -0.39 is 0 Å². The summed E-state index contributed by atoms with van der Waals surface area (Å²) < 4.78 is 2.39. The number of piperazine rings is 1. The lowest BCUT2D eigenvalue weighted by molar-refractivity contribution is -0.132. The van der Waals surface area contributed by atoms with Gasteiger partial charge in [0.05, 0.1) is 6.17 Å². The summed E-state index contributed by atoms with van der Waals surface area (Å²) >= 11 is 0. The summed E-state index contributed by atoms with van der Waals surface area (Å²) in [5, 5.41) is 15.1. The zero-order chi connectivity index (χ0) is 24.8. The molecule has 2 saturated heterocycles. The Morgan fingerprint density at radius 3 is 2.83 bits per heavy atom. The van der Waals surface area contributed by atoms with Gasteiger partial charge in [0.15, 0.2) is 0 Å². The van der Waals surface area contributed by atoms with Crippen LogP contribution in [0.3, 0.4) is 0 Å². The molecule has 4 unspecified atom stereocenters. The predicted molar refractivity (Wildman–Crippen MR) is 141 cm³/mol. The summed E-state index contributed by atoms with van der Waals surface area (Å²) in [6, 6.07) is 9.42. The summed E-state index contributed by atoms with van der Waals surface area (Å²) in [5.74, 6) is 2.79. The maximum atomic E-state index is 13.1. The SMILES string of the molecule is Cc1cccc(N2CCN(C(=O)CCCc3nnc4n3C3CCCCC3C3NC(C)NN43)C[C@H]2C)c1. The van der Waals surface area contributed by atoms with E-state index in [2.05, 4.69) is 85.4 Å². The molecule has 1 amide bonds. The lowest BCUT2D eigenvalue weighted by Gasteiger charge is -2.44. The molecule has 4 heterocycles. The summed E-state index contributed by atoms with van der Waals surface area (Å²) in [6.45, 7) is 8.96. The van der Waals surface area contributed by atoms with E-state index in [1.807, 2.05) is 0 Å². The van der Waals surface area contributed by atoms with Crippen LogP contribution in [-0.2, 0) is 11.2 Å². The van der Waals surface area contributed by atoms with E-state index >= 15 is 0 Å². The number of fused-ring (bicyclic) bond motifs is 6. The molecule has 3 aliphatic heterocycles. The van der Waals surface area contributed by atoms with Crippen LogP contribution in [0.1, 0.15) is 69.8 Å². The Kier molecular flexibility index (Phi) is 6.37. The highest BCUT2D eigenvalue weighted by Crippen LogP contribution is 2.44. The van der Waals surface area contributed by atoms with Gasteiger partial charge >= 0.3 is 0 Å². The van der Waals surface area contributed by atoms with Crippen molar-refractivity contribution in [3.05, 3.63) is 35.7 Å². The number of aryl methyl sites for hydroxylation is 2. The Bertz CT molecular complexity index is 1100. The van der Waals surface area contributed by atoms with Crippen molar-refractivity contribution in [2.45, 2.75) is 90.1 Å². The lowest BCUT2D eigenvalue weighted by atomic mass is 9.81. The third kappa shape index (κ3) is 4.26. The van der Waals surface area contributed by atoms with Crippen LogP contribution in [0.2, 0.25) is 0 Å². The molecule has 2 aromatic rings. The van der Waals surface area contributed by atoms with E-state index in [4.69, 9.17) is 0 Å². The van der Waals surface area contributed by atoms with Crippen molar-refractivity contribution in [1.29, 1.82) is 0 Å².